The molecule has 0 aromatic rings. The standard InChI is InChI=1S/C19H35O2.6W/c1-13(2)11-15(20)18(7,8)19(9,10)16(21)12-14(3)17(4,5)6;;;;;;/h13-14H,1,11-12H2,2-10H3;;;;;;/q-1;;;;;;. The largest absolute Gasteiger partial charge is 0.340 e. The predicted octanol–water partition coefficient (Wildman–Crippen LogP) is 5.09. The van der Waals surface area contributed by atoms with Gasteiger partial charge in [0.15, 0.2) is 0 Å². The summed E-state index contributed by atoms with van der Waals surface area (Å²) >= 11 is 0. The maximum Gasteiger partial charge on any atom is 0.139 e. The molecule has 0 rings (SSSR count). The number of carbonyl (C=O) groups is 2. The number of Topliss-reactive ketones (excluding diaryl/α,β-unsaturated/α-hetero) is 2. The fourth-order valence-electron chi connectivity index (χ4n) is 2.11. The smallest absolute Gasteiger partial charge is 0.139 e. The van der Waals surface area contributed by atoms with E-state index in [2.05, 4.69) is 34.6 Å². The van der Waals surface area contributed by atoms with Gasteiger partial charge in [-0.1, -0.05) is 62.3 Å². The molecule has 0 aliphatic carbocycles. The fraction of sp³-hybridized carbons (Fsp3) is 0.842. The average Bonchev–Trinajstić information content (AvgIpc) is 2.25. The molecule has 27 heavy (non-hydrogen) atoms. The van der Waals surface area contributed by atoms with Crippen LogP contribution in [0.1, 0.15) is 75.2 Å². The maximum atomic E-state index is 12.8. The molecule has 160 valence electrons. The first-order valence-corrected chi connectivity index (χ1v) is 8.03. The summed E-state index contributed by atoms with van der Waals surface area (Å²) in [5.41, 5.74) is -1.21. The van der Waals surface area contributed by atoms with E-state index in [0.717, 1.165) is 0 Å². The Hall–Kier alpha value is 3.47. The van der Waals surface area contributed by atoms with Gasteiger partial charge in [0.25, 0.3) is 0 Å². The zero-order chi connectivity index (χ0) is 17.2. The van der Waals surface area contributed by atoms with Crippen LogP contribution < -0.4 is 0 Å². The molecule has 0 bridgehead atoms. The molecule has 0 aliphatic heterocycles. The Morgan fingerprint density at radius 1 is 0.667 bits per heavy atom. The molecule has 0 saturated heterocycles. The van der Waals surface area contributed by atoms with Crippen LogP contribution in [0.2, 0.25) is 0 Å². The zero-order valence-corrected chi connectivity index (χ0v) is 35.6. The SMILES string of the molecule is [CH2-]C(C)CC(=O)C(C)(C)C(C)(C)C(=O)CC(C)C(C)(C)C.[W].[W].[W].[W].[W].[W]. The molecule has 0 saturated carbocycles. The number of rotatable bonds is 7. The van der Waals surface area contributed by atoms with Crippen LogP contribution in [-0.4, -0.2) is 11.6 Å². The summed E-state index contributed by atoms with van der Waals surface area (Å²) in [4.78, 5) is 25.3. The second kappa shape index (κ2) is 19.0. The molecule has 0 aromatic heterocycles. The van der Waals surface area contributed by atoms with E-state index in [-0.39, 0.29) is 149 Å². The van der Waals surface area contributed by atoms with Gasteiger partial charge in [-0.15, -0.1) is 0 Å². The third-order valence-corrected chi connectivity index (χ3v) is 5.46. The Morgan fingerprint density at radius 2 is 0.926 bits per heavy atom. The third kappa shape index (κ3) is 15.0. The van der Waals surface area contributed by atoms with E-state index in [0.29, 0.717) is 18.8 Å². The van der Waals surface area contributed by atoms with E-state index in [1.165, 1.54) is 0 Å². The normalized spacial score (nSPS) is 12.8. The summed E-state index contributed by atoms with van der Waals surface area (Å²) in [5.74, 6) is 0.685. The average molecular weight is 1400 g/mol. The molecule has 2 atom stereocenters. The topological polar surface area (TPSA) is 34.1 Å². The van der Waals surface area contributed by atoms with Crippen molar-refractivity contribution in [2.24, 2.45) is 28.1 Å². The van der Waals surface area contributed by atoms with Crippen LogP contribution in [0.3, 0.4) is 0 Å². The van der Waals surface area contributed by atoms with Gasteiger partial charge < -0.3 is 6.92 Å². The van der Waals surface area contributed by atoms with Crippen LogP contribution in [0.4, 0.5) is 0 Å². The Bertz CT molecular complexity index is 401. The van der Waals surface area contributed by atoms with E-state index in [1.54, 1.807) is 0 Å². The minimum atomic E-state index is -0.659. The van der Waals surface area contributed by atoms with Crippen LogP contribution >= 0.6 is 0 Å². The van der Waals surface area contributed by atoms with Crippen molar-refractivity contribution < 1.29 is 136 Å². The van der Waals surface area contributed by atoms with Gasteiger partial charge in [0.1, 0.15) is 11.6 Å². The van der Waals surface area contributed by atoms with E-state index in [1.807, 2.05) is 34.6 Å². The third-order valence-electron chi connectivity index (χ3n) is 5.46. The van der Waals surface area contributed by atoms with Gasteiger partial charge in [0.2, 0.25) is 0 Å². The Labute approximate surface area is 254 Å². The number of hydrogen-bond acceptors (Lipinski definition) is 2. The number of ketones is 2. The zero-order valence-electron chi connectivity index (χ0n) is 18.0. The molecule has 2 nitrogen and oxygen atoms in total. The molecule has 0 amide bonds. The quantitative estimate of drug-likeness (QED) is 0.334. The van der Waals surface area contributed by atoms with Gasteiger partial charge in [0.05, 0.1) is 0 Å². The molecule has 0 aromatic carbocycles. The van der Waals surface area contributed by atoms with E-state index >= 15 is 0 Å². The van der Waals surface area contributed by atoms with Gasteiger partial charge in [-0.3, -0.25) is 9.59 Å². The Kier molecular flexibility index (Phi) is 33.8. The summed E-state index contributed by atoms with van der Waals surface area (Å²) in [7, 11) is 0. The number of hydrogen-bond donors (Lipinski definition) is 0. The first kappa shape index (κ1) is 48.0. The van der Waals surface area contributed by atoms with Gasteiger partial charge in [-0.25, -0.2) is 0 Å². The van der Waals surface area contributed by atoms with E-state index in [4.69, 9.17) is 0 Å². The van der Waals surface area contributed by atoms with Crippen LogP contribution in [0.5, 0.6) is 0 Å². The van der Waals surface area contributed by atoms with E-state index in [9.17, 15) is 9.59 Å². The van der Waals surface area contributed by atoms with Crippen LogP contribution in [-0.2, 0) is 136 Å². The summed E-state index contributed by atoms with van der Waals surface area (Å²) in [6, 6.07) is 0. The number of carbonyl (C=O) groups excluding carboxylic acids is 2. The van der Waals surface area contributed by atoms with Gasteiger partial charge in [-0.05, 0) is 17.8 Å². The molecule has 0 radical (unpaired) electrons. The first-order chi connectivity index (χ1) is 9.14. The molecule has 8 heteroatoms. The van der Waals surface area contributed by atoms with Gasteiger partial charge >= 0.3 is 0 Å². The minimum Gasteiger partial charge on any atom is -0.340 e. The van der Waals surface area contributed by atoms with Crippen molar-refractivity contribution in [2.75, 3.05) is 0 Å². The maximum absolute atomic E-state index is 12.8. The first-order valence-electron chi connectivity index (χ1n) is 8.03. The van der Waals surface area contributed by atoms with Crippen molar-refractivity contribution in [2.45, 2.75) is 75.2 Å². The van der Waals surface area contributed by atoms with Crippen molar-refractivity contribution in [1.82, 2.24) is 0 Å². The van der Waals surface area contributed by atoms with Gasteiger partial charge in [-0.2, -0.15) is 5.92 Å². The molecule has 0 spiro atoms. The molecule has 0 heterocycles. The predicted molar refractivity (Wildman–Crippen MR) is 90.0 cm³/mol. The van der Waals surface area contributed by atoms with E-state index < -0.39 is 10.8 Å². The Balaban J connectivity index is -0.000000133. The molecule has 0 aliphatic rings. The second-order valence-corrected chi connectivity index (χ2v) is 8.88. The summed E-state index contributed by atoms with van der Waals surface area (Å²) < 4.78 is 0. The molecular formula is C19H35O2W6-. The van der Waals surface area contributed by atoms with Crippen molar-refractivity contribution >= 4 is 11.6 Å². The van der Waals surface area contributed by atoms with Crippen molar-refractivity contribution in [1.29, 1.82) is 0 Å². The van der Waals surface area contributed by atoms with Gasteiger partial charge in [0, 0.05) is 144 Å². The molecule has 0 fully saturated rings. The Morgan fingerprint density at radius 3 is 1.15 bits per heavy atom. The fourth-order valence-corrected chi connectivity index (χ4v) is 2.11. The van der Waals surface area contributed by atoms with Crippen LogP contribution in [0, 0.1) is 35.0 Å². The van der Waals surface area contributed by atoms with Crippen molar-refractivity contribution in [3.63, 3.8) is 0 Å². The summed E-state index contributed by atoms with van der Waals surface area (Å²) in [5, 5.41) is 0. The van der Waals surface area contributed by atoms with Crippen LogP contribution in [0.15, 0.2) is 0 Å². The van der Waals surface area contributed by atoms with Crippen molar-refractivity contribution in [3.8, 4) is 0 Å². The molecule has 0 N–H and O–H groups in total. The molecular weight excluding hydrogens is 1360 g/mol. The minimum absolute atomic E-state index is 0. The summed E-state index contributed by atoms with van der Waals surface area (Å²) in [6.07, 6.45) is 0.950. The van der Waals surface area contributed by atoms with Crippen LogP contribution in [0.25, 0.3) is 0 Å². The second-order valence-electron chi connectivity index (χ2n) is 8.88. The summed E-state index contributed by atoms with van der Waals surface area (Å²) in [6.45, 7) is 22.0. The van der Waals surface area contributed by atoms with Crippen molar-refractivity contribution in [3.05, 3.63) is 6.92 Å². The monoisotopic (exact) mass is 1400 g/mol. The molecule has 2 unspecified atom stereocenters.